The van der Waals surface area contributed by atoms with Gasteiger partial charge in [0.1, 0.15) is 11.6 Å². The van der Waals surface area contributed by atoms with E-state index in [2.05, 4.69) is 46.0 Å². The second-order valence-electron chi connectivity index (χ2n) is 10.3. The van der Waals surface area contributed by atoms with Crippen molar-refractivity contribution >= 4 is 23.2 Å². The average molecular weight is 486 g/mol. The van der Waals surface area contributed by atoms with Crippen molar-refractivity contribution in [3.05, 3.63) is 46.4 Å². The third-order valence-corrected chi connectivity index (χ3v) is 6.10. The molecular weight excluding hydrogens is 454 g/mol. The highest BCUT2D eigenvalue weighted by Gasteiger charge is 2.34. The van der Waals surface area contributed by atoms with Crippen molar-refractivity contribution in [2.75, 3.05) is 11.9 Å². The molecule has 2 N–H and O–H groups in total. The normalized spacial score (nSPS) is 14.9. The maximum Gasteiger partial charge on any atom is 0.225 e. The standard InChI is InChI=1S/C25H32ClN5O3/c1-15-11-17(26)5-8-20(15)27-22(33)12-16(9-10-32)23-28-29-24(31(23)18-6-7-18)21-13-19(34-30-21)14-25(2,3)4/h5,8,11,13,16,18,32H,6-7,9-10,12,14H2,1-4H3,(H,27,33)/t16-/m0/s1. The SMILES string of the molecule is Cc1cc(Cl)ccc1NC(=O)C[C@H](CCO)c1nnc(-c2cc(CC(C)(C)C)on2)n1C1CC1. The highest BCUT2D eigenvalue weighted by atomic mass is 35.5. The fourth-order valence-corrected chi connectivity index (χ4v) is 4.37. The van der Waals surface area contributed by atoms with Crippen molar-refractivity contribution in [2.24, 2.45) is 5.41 Å². The number of nitrogens with one attached hydrogen (secondary N) is 1. The van der Waals surface area contributed by atoms with Crippen LogP contribution in [0.1, 0.15) is 75.6 Å². The van der Waals surface area contributed by atoms with Crippen molar-refractivity contribution in [2.45, 2.75) is 71.8 Å². The van der Waals surface area contributed by atoms with Gasteiger partial charge in [-0.1, -0.05) is 37.5 Å². The molecule has 0 bridgehead atoms. The molecule has 0 radical (unpaired) electrons. The molecule has 9 heteroatoms. The molecular formula is C25H32ClN5O3. The molecule has 3 aromatic rings. The lowest BCUT2D eigenvalue weighted by molar-refractivity contribution is -0.116. The summed E-state index contributed by atoms with van der Waals surface area (Å²) in [6.45, 7) is 8.29. The molecule has 34 heavy (non-hydrogen) atoms. The molecule has 1 atom stereocenters. The van der Waals surface area contributed by atoms with Crippen LogP contribution >= 0.6 is 11.6 Å². The van der Waals surface area contributed by atoms with E-state index in [1.165, 1.54) is 0 Å². The predicted octanol–water partition coefficient (Wildman–Crippen LogP) is 5.31. The second kappa shape index (κ2) is 9.88. The van der Waals surface area contributed by atoms with E-state index >= 15 is 0 Å². The summed E-state index contributed by atoms with van der Waals surface area (Å²) in [5, 5.41) is 26.5. The van der Waals surface area contributed by atoms with Gasteiger partial charge in [-0.2, -0.15) is 0 Å². The zero-order valence-corrected chi connectivity index (χ0v) is 20.9. The van der Waals surface area contributed by atoms with E-state index in [0.717, 1.165) is 36.3 Å². The number of carbonyl (C=O) groups is 1. The first-order chi connectivity index (χ1) is 16.1. The Labute approximate surface area is 204 Å². The van der Waals surface area contributed by atoms with Gasteiger partial charge in [0.25, 0.3) is 0 Å². The van der Waals surface area contributed by atoms with Gasteiger partial charge in [-0.15, -0.1) is 10.2 Å². The lowest BCUT2D eigenvalue weighted by atomic mass is 9.91. The number of nitrogens with zero attached hydrogens (tertiary/aromatic N) is 4. The van der Waals surface area contributed by atoms with Gasteiger partial charge in [0, 0.05) is 48.2 Å². The summed E-state index contributed by atoms with van der Waals surface area (Å²) in [5.74, 6) is 1.73. The Hall–Kier alpha value is -2.71. The Morgan fingerprint density at radius 2 is 2.06 bits per heavy atom. The summed E-state index contributed by atoms with van der Waals surface area (Å²) in [4.78, 5) is 12.9. The number of anilines is 1. The van der Waals surface area contributed by atoms with Crippen LogP contribution in [0.4, 0.5) is 5.69 Å². The summed E-state index contributed by atoms with van der Waals surface area (Å²) >= 11 is 6.03. The van der Waals surface area contributed by atoms with Crippen molar-refractivity contribution in [1.82, 2.24) is 19.9 Å². The number of hydrogen-bond donors (Lipinski definition) is 2. The summed E-state index contributed by atoms with van der Waals surface area (Å²) in [6, 6.07) is 7.54. The molecule has 0 unspecified atom stereocenters. The Kier molecular flexibility index (Phi) is 7.09. The average Bonchev–Trinajstić information content (AvgIpc) is 3.32. The van der Waals surface area contributed by atoms with Gasteiger partial charge < -0.3 is 19.5 Å². The predicted molar refractivity (Wildman–Crippen MR) is 131 cm³/mol. The molecule has 0 aliphatic heterocycles. The second-order valence-corrected chi connectivity index (χ2v) is 10.8. The Morgan fingerprint density at radius 1 is 1.29 bits per heavy atom. The maximum atomic E-state index is 12.9. The van der Waals surface area contributed by atoms with Crippen molar-refractivity contribution in [3.63, 3.8) is 0 Å². The van der Waals surface area contributed by atoms with Crippen LogP contribution in [0.25, 0.3) is 11.5 Å². The number of aliphatic hydroxyl groups excluding tert-OH is 1. The number of aryl methyl sites for hydroxylation is 1. The number of halogens is 1. The van der Waals surface area contributed by atoms with Crippen LogP contribution in [-0.4, -0.2) is 37.5 Å². The molecule has 0 saturated heterocycles. The van der Waals surface area contributed by atoms with Crippen LogP contribution in [0.15, 0.2) is 28.8 Å². The van der Waals surface area contributed by atoms with E-state index in [4.69, 9.17) is 16.1 Å². The molecule has 8 nitrogen and oxygen atoms in total. The van der Waals surface area contributed by atoms with Gasteiger partial charge in [0.15, 0.2) is 11.5 Å². The van der Waals surface area contributed by atoms with Gasteiger partial charge in [-0.3, -0.25) is 4.79 Å². The summed E-state index contributed by atoms with van der Waals surface area (Å²) in [6.07, 6.45) is 3.40. The molecule has 1 aliphatic carbocycles. The van der Waals surface area contributed by atoms with Crippen LogP contribution in [0, 0.1) is 12.3 Å². The zero-order chi connectivity index (χ0) is 24.5. The lowest BCUT2D eigenvalue weighted by Gasteiger charge is -2.17. The first kappa shape index (κ1) is 24.4. The van der Waals surface area contributed by atoms with Crippen LogP contribution < -0.4 is 5.32 Å². The van der Waals surface area contributed by atoms with Crippen molar-refractivity contribution in [1.29, 1.82) is 0 Å². The smallest absolute Gasteiger partial charge is 0.225 e. The molecule has 1 amide bonds. The van der Waals surface area contributed by atoms with Crippen LogP contribution in [0.2, 0.25) is 5.02 Å². The van der Waals surface area contributed by atoms with Gasteiger partial charge in [0.2, 0.25) is 5.91 Å². The highest BCUT2D eigenvalue weighted by molar-refractivity contribution is 6.30. The van der Waals surface area contributed by atoms with Crippen molar-refractivity contribution in [3.8, 4) is 11.5 Å². The number of aliphatic hydroxyl groups is 1. The quantitative estimate of drug-likeness (QED) is 0.425. The van der Waals surface area contributed by atoms with Gasteiger partial charge in [-0.05, 0) is 55.4 Å². The number of benzene rings is 1. The van der Waals surface area contributed by atoms with E-state index in [1.54, 1.807) is 12.1 Å². The van der Waals surface area contributed by atoms with Crippen molar-refractivity contribution < 1.29 is 14.4 Å². The number of hydrogen-bond acceptors (Lipinski definition) is 6. The monoisotopic (exact) mass is 485 g/mol. The zero-order valence-electron chi connectivity index (χ0n) is 20.1. The van der Waals surface area contributed by atoms with E-state index in [-0.39, 0.29) is 36.3 Å². The molecule has 0 spiro atoms. The van der Waals surface area contributed by atoms with E-state index in [9.17, 15) is 9.90 Å². The third-order valence-electron chi connectivity index (χ3n) is 5.86. The molecule has 2 heterocycles. The van der Waals surface area contributed by atoms with Crippen LogP contribution in [0.5, 0.6) is 0 Å². The lowest BCUT2D eigenvalue weighted by Crippen LogP contribution is -2.19. The Bertz CT molecular complexity index is 1160. The summed E-state index contributed by atoms with van der Waals surface area (Å²) < 4.78 is 7.66. The maximum absolute atomic E-state index is 12.9. The van der Waals surface area contributed by atoms with Gasteiger partial charge >= 0.3 is 0 Å². The number of rotatable bonds is 9. The molecule has 1 fully saturated rings. The van der Waals surface area contributed by atoms with Gasteiger partial charge in [0.05, 0.1) is 0 Å². The number of amides is 1. The third kappa shape index (κ3) is 5.85. The van der Waals surface area contributed by atoms with E-state index < -0.39 is 0 Å². The first-order valence-electron chi connectivity index (χ1n) is 11.7. The number of aromatic nitrogens is 4. The van der Waals surface area contributed by atoms with E-state index in [0.29, 0.717) is 28.8 Å². The minimum atomic E-state index is -0.277. The molecule has 1 aromatic carbocycles. The van der Waals surface area contributed by atoms with Gasteiger partial charge in [-0.25, -0.2) is 0 Å². The Morgan fingerprint density at radius 3 is 2.71 bits per heavy atom. The first-order valence-corrected chi connectivity index (χ1v) is 12.1. The molecule has 1 saturated carbocycles. The molecule has 1 aliphatic rings. The highest BCUT2D eigenvalue weighted by Crippen LogP contribution is 2.41. The molecule has 2 aromatic heterocycles. The number of carbonyl (C=O) groups excluding carboxylic acids is 1. The summed E-state index contributed by atoms with van der Waals surface area (Å²) in [7, 11) is 0. The van der Waals surface area contributed by atoms with Crippen LogP contribution in [-0.2, 0) is 11.2 Å². The van der Waals surface area contributed by atoms with E-state index in [1.807, 2.05) is 19.1 Å². The minimum Gasteiger partial charge on any atom is -0.396 e. The topological polar surface area (TPSA) is 106 Å². The largest absolute Gasteiger partial charge is 0.396 e. The Balaban J connectivity index is 1.57. The summed E-state index contributed by atoms with van der Waals surface area (Å²) in [5.41, 5.74) is 2.33. The van der Waals surface area contributed by atoms with Crippen LogP contribution in [0.3, 0.4) is 0 Å². The fraction of sp³-hybridized carbons (Fsp3) is 0.520. The molecule has 4 rings (SSSR count). The minimum absolute atomic E-state index is 0.0511. The molecule has 182 valence electrons. The fourth-order valence-electron chi connectivity index (χ4n) is 4.14.